The number of hydrogen-bond donors (Lipinski definition) is 3. The fraction of sp³-hybridized carbons (Fsp3) is 0.174. The summed E-state index contributed by atoms with van der Waals surface area (Å²) in [5, 5.41) is 5.21. The summed E-state index contributed by atoms with van der Waals surface area (Å²) in [7, 11) is 0. The van der Waals surface area contributed by atoms with Crippen LogP contribution in [0.1, 0.15) is 38.4 Å². The highest BCUT2D eigenvalue weighted by Gasteiger charge is 2.09. The number of thiophene rings is 1. The zero-order chi connectivity index (χ0) is 22.8. The van der Waals surface area contributed by atoms with Crippen molar-refractivity contribution >= 4 is 40.7 Å². The van der Waals surface area contributed by atoms with Crippen molar-refractivity contribution in [3.63, 3.8) is 0 Å². The minimum Gasteiger partial charge on any atom is -0.489 e. The van der Waals surface area contributed by atoms with E-state index in [1.807, 2.05) is 5.38 Å². The molecule has 7 nitrogen and oxygen atoms in total. The first kappa shape index (κ1) is 23.3. The Balaban J connectivity index is 1.33. The molecule has 0 atom stereocenters. The van der Waals surface area contributed by atoms with Crippen molar-refractivity contribution in [1.29, 1.82) is 0 Å². The third kappa shape index (κ3) is 7.40. The van der Waals surface area contributed by atoms with Gasteiger partial charge in [-0.25, -0.2) is 0 Å². The molecule has 0 radical (unpaired) electrons. The molecule has 3 amide bonds. The Morgan fingerprint density at radius 3 is 2.34 bits per heavy atom. The summed E-state index contributed by atoms with van der Waals surface area (Å²) in [6.45, 7) is 0.723. The Kier molecular flexibility index (Phi) is 8.65. The summed E-state index contributed by atoms with van der Waals surface area (Å²) in [5.74, 6) is -0.216. The van der Waals surface area contributed by atoms with Crippen LogP contribution in [0.2, 0.25) is 5.02 Å². The molecule has 2 aromatic carbocycles. The Labute approximate surface area is 194 Å². The molecule has 0 saturated carbocycles. The molecule has 9 heteroatoms. The van der Waals surface area contributed by atoms with E-state index in [1.54, 1.807) is 60.7 Å². The first-order valence-electron chi connectivity index (χ1n) is 9.89. The largest absolute Gasteiger partial charge is 0.489 e. The van der Waals surface area contributed by atoms with Crippen LogP contribution < -0.4 is 20.9 Å². The lowest BCUT2D eigenvalue weighted by Crippen LogP contribution is -2.41. The zero-order valence-corrected chi connectivity index (χ0v) is 18.7. The van der Waals surface area contributed by atoms with Crippen molar-refractivity contribution in [3.05, 3.63) is 87.1 Å². The fourth-order valence-corrected chi connectivity index (χ4v) is 3.42. The van der Waals surface area contributed by atoms with Gasteiger partial charge in [-0.2, -0.15) is 0 Å². The molecule has 1 aromatic heterocycles. The van der Waals surface area contributed by atoms with Gasteiger partial charge in [0, 0.05) is 23.6 Å². The predicted octanol–water partition coefficient (Wildman–Crippen LogP) is 3.95. The Morgan fingerprint density at radius 1 is 0.906 bits per heavy atom. The molecular formula is C23H22ClN3O4S. The number of nitrogens with one attached hydrogen (secondary N) is 3. The van der Waals surface area contributed by atoms with Gasteiger partial charge in [-0.3, -0.25) is 25.2 Å². The van der Waals surface area contributed by atoms with E-state index in [0.29, 0.717) is 40.8 Å². The first-order valence-corrected chi connectivity index (χ1v) is 11.2. The smallest absolute Gasteiger partial charge is 0.269 e. The van der Waals surface area contributed by atoms with Crippen molar-refractivity contribution in [2.45, 2.75) is 19.4 Å². The lowest BCUT2D eigenvalue weighted by molar-refractivity contribution is -0.121. The number of halogens is 1. The lowest BCUT2D eigenvalue weighted by atomic mass is 10.1. The summed E-state index contributed by atoms with van der Waals surface area (Å²) in [4.78, 5) is 36.5. The van der Waals surface area contributed by atoms with Gasteiger partial charge >= 0.3 is 0 Å². The highest BCUT2D eigenvalue weighted by molar-refractivity contribution is 7.12. The number of rotatable bonds is 9. The average molecular weight is 472 g/mol. The average Bonchev–Trinajstić information content (AvgIpc) is 3.35. The number of amides is 3. The summed E-state index contributed by atoms with van der Waals surface area (Å²) in [6, 6.07) is 17.5. The van der Waals surface area contributed by atoms with Crippen LogP contribution in [-0.4, -0.2) is 24.3 Å². The van der Waals surface area contributed by atoms with Gasteiger partial charge in [0.15, 0.2) is 0 Å². The monoisotopic (exact) mass is 471 g/mol. The van der Waals surface area contributed by atoms with Gasteiger partial charge in [-0.15, -0.1) is 11.3 Å². The van der Waals surface area contributed by atoms with Gasteiger partial charge in [-0.05, 0) is 59.8 Å². The van der Waals surface area contributed by atoms with Crippen LogP contribution in [0, 0.1) is 0 Å². The molecule has 1 heterocycles. The van der Waals surface area contributed by atoms with Crippen molar-refractivity contribution in [1.82, 2.24) is 16.2 Å². The normalized spacial score (nSPS) is 10.3. The number of hydrogen-bond acceptors (Lipinski definition) is 5. The molecule has 0 spiro atoms. The lowest BCUT2D eigenvalue weighted by Gasteiger charge is -2.09. The van der Waals surface area contributed by atoms with Gasteiger partial charge < -0.3 is 10.1 Å². The molecule has 0 aliphatic carbocycles. The molecule has 0 aliphatic heterocycles. The fourth-order valence-electron chi connectivity index (χ4n) is 2.66. The maximum atomic E-state index is 12.2. The zero-order valence-electron chi connectivity index (χ0n) is 17.1. The molecular weight excluding hydrogens is 450 g/mol. The van der Waals surface area contributed by atoms with Crippen LogP contribution in [-0.2, 0) is 11.4 Å². The Morgan fingerprint density at radius 2 is 1.66 bits per heavy atom. The molecule has 3 N–H and O–H groups in total. The van der Waals surface area contributed by atoms with E-state index in [2.05, 4.69) is 16.2 Å². The molecule has 0 saturated heterocycles. The molecule has 3 aromatic rings. The van der Waals surface area contributed by atoms with Crippen LogP contribution in [0.3, 0.4) is 0 Å². The van der Waals surface area contributed by atoms with Gasteiger partial charge in [0.1, 0.15) is 12.4 Å². The quantitative estimate of drug-likeness (QED) is 0.325. The molecule has 0 unspecified atom stereocenters. The Bertz CT molecular complexity index is 1040. The summed E-state index contributed by atoms with van der Waals surface area (Å²) < 4.78 is 5.67. The van der Waals surface area contributed by atoms with E-state index in [1.165, 1.54) is 11.3 Å². The van der Waals surface area contributed by atoms with Crippen molar-refractivity contribution in [2.75, 3.05) is 6.54 Å². The van der Waals surface area contributed by atoms with Crippen molar-refractivity contribution in [3.8, 4) is 5.75 Å². The molecule has 32 heavy (non-hydrogen) atoms. The molecule has 0 bridgehead atoms. The predicted molar refractivity (Wildman–Crippen MR) is 124 cm³/mol. The van der Waals surface area contributed by atoms with Crippen LogP contribution in [0.5, 0.6) is 5.75 Å². The highest BCUT2D eigenvalue weighted by atomic mass is 35.5. The third-order valence-electron chi connectivity index (χ3n) is 4.36. The van der Waals surface area contributed by atoms with Gasteiger partial charge in [0.25, 0.3) is 11.8 Å². The second kappa shape index (κ2) is 11.9. The van der Waals surface area contributed by atoms with Gasteiger partial charge in [-0.1, -0.05) is 29.8 Å². The van der Waals surface area contributed by atoms with Crippen LogP contribution in [0.4, 0.5) is 0 Å². The number of benzene rings is 2. The molecule has 0 fully saturated rings. The third-order valence-corrected chi connectivity index (χ3v) is 5.48. The molecule has 166 valence electrons. The number of hydrazine groups is 1. The standard InChI is InChI=1S/C23H22ClN3O4S/c24-18-9-11-19(12-10-18)31-15-16-5-7-17(8-6-16)22(29)27-26-21(28)4-1-13-25-23(30)20-3-2-14-32-20/h2-3,5-12,14H,1,4,13,15H2,(H,25,30)(H,26,28)(H,27,29). The number of ether oxygens (including phenoxy) is 1. The molecule has 0 aliphatic rings. The van der Waals surface area contributed by atoms with Crippen molar-refractivity contribution < 1.29 is 19.1 Å². The van der Waals surface area contributed by atoms with Crippen LogP contribution >= 0.6 is 22.9 Å². The summed E-state index contributed by atoms with van der Waals surface area (Å²) in [5.41, 5.74) is 6.06. The summed E-state index contributed by atoms with van der Waals surface area (Å²) >= 11 is 7.20. The molecule has 3 rings (SSSR count). The van der Waals surface area contributed by atoms with E-state index in [4.69, 9.17) is 16.3 Å². The maximum Gasteiger partial charge on any atom is 0.269 e. The maximum absolute atomic E-state index is 12.2. The second-order valence-electron chi connectivity index (χ2n) is 6.78. The SMILES string of the molecule is O=C(CCCNC(=O)c1cccs1)NNC(=O)c1ccc(COc2ccc(Cl)cc2)cc1. The van der Waals surface area contributed by atoms with E-state index in [9.17, 15) is 14.4 Å². The second-order valence-corrected chi connectivity index (χ2v) is 8.16. The van der Waals surface area contributed by atoms with E-state index in [0.717, 1.165) is 5.56 Å². The van der Waals surface area contributed by atoms with Gasteiger partial charge in [0.2, 0.25) is 5.91 Å². The van der Waals surface area contributed by atoms with Gasteiger partial charge in [0.05, 0.1) is 4.88 Å². The van der Waals surface area contributed by atoms with E-state index in [-0.39, 0.29) is 18.2 Å². The van der Waals surface area contributed by atoms with Crippen LogP contribution in [0.15, 0.2) is 66.0 Å². The first-order chi connectivity index (χ1) is 15.5. The summed E-state index contributed by atoms with van der Waals surface area (Å²) in [6.07, 6.45) is 0.632. The van der Waals surface area contributed by atoms with Crippen LogP contribution in [0.25, 0.3) is 0 Å². The minimum atomic E-state index is -0.422. The minimum absolute atomic E-state index is 0.157. The Hall–Kier alpha value is -3.36. The number of carbonyl (C=O) groups excluding carboxylic acids is 3. The van der Waals surface area contributed by atoms with E-state index >= 15 is 0 Å². The van der Waals surface area contributed by atoms with E-state index < -0.39 is 5.91 Å². The highest BCUT2D eigenvalue weighted by Crippen LogP contribution is 2.17. The topological polar surface area (TPSA) is 96.5 Å². The van der Waals surface area contributed by atoms with Crippen molar-refractivity contribution in [2.24, 2.45) is 0 Å². The number of carbonyl (C=O) groups is 3.